The van der Waals surface area contributed by atoms with Crippen molar-refractivity contribution in [3.8, 4) is 11.4 Å². The zero-order valence-electron chi connectivity index (χ0n) is 10.4. The average molecular weight is 241 g/mol. The highest BCUT2D eigenvalue weighted by Gasteiger charge is 2.05. The highest BCUT2D eigenvalue weighted by molar-refractivity contribution is 5.93. The number of nitrogens with zero attached hydrogens (tertiary/aromatic N) is 2. The fourth-order valence-electron chi connectivity index (χ4n) is 1.57. The van der Waals surface area contributed by atoms with Crippen molar-refractivity contribution in [2.75, 3.05) is 0 Å². The molecule has 0 atom stereocenters. The molecule has 0 spiro atoms. The summed E-state index contributed by atoms with van der Waals surface area (Å²) in [5.41, 5.74) is 7.64. The van der Waals surface area contributed by atoms with E-state index in [4.69, 9.17) is 5.73 Å². The molecule has 0 saturated carbocycles. The van der Waals surface area contributed by atoms with Crippen LogP contribution in [-0.4, -0.2) is 15.9 Å². The van der Waals surface area contributed by atoms with E-state index in [1.54, 1.807) is 24.3 Å². The molecular formula is C14H15N3O. The van der Waals surface area contributed by atoms with E-state index in [1.165, 1.54) is 0 Å². The van der Waals surface area contributed by atoms with Crippen LogP contribution in [0.15, 0.2) is 36.7 Å². The number of rotatable bonds is 3. The predicted molar refractivity (Wildman–Crippen MR) is 70.1 cm³/mol. The normalized spacial score (nSPS) is 10.6. The monoisotopic (exact) mass is 241 g/mol. The van der Waals surface area contributed by atoms with Crippen LogP contribution in [0.3, 0.4) is 0 Å². The quantitative estimate of drug-likeness (QED) is 0.896. The van der Waals surface area contributed by atoms with Gasteiger partial charge >= 0.3 is 0 Å². The largest absolute Gasteiger partial charge is 0.366 e. The van der Waals surface area contributed by atoms with E-state index in [-0.39, 0.29) is 0 Å². The van der Waals surface area contributed by atoms with Crippen LogP contribution in [0, 0.1) is 0 Å². The van der Waals surface area contributed by atoms with Gasteiger partial charge in [0.15, 0.2) is 5.82 Å². The maximum absolute atomic E-state index is 11.0. The van der Waals surface area contributed by atoms with Crippen LogP contribution in [0.5, 0.6) is 0 Å². The molecule has 18 heavy (non-hydrogen) atoms. The van der Waals surface area contributed by atoms with Crippen molar-refractivity contribution in [1.82, 2.24) is 9.97 Å². The molecule has 1 heterocycles. The van der Waals surface area contributed by atoms with Crippen LogP contribution >= 0.6 is 0 Å². The Balaban J connectivity index is 2.28. The molecule has 2 N–H and O–H groups in total. The summed E-state index contributed by atoms with van der Waals surface area (Å²) >= 11 is 0. The summed E-state index contributed by atoms with van der Waals surface area (Å²) in [7, 11) is 0. The van der Waals surface area contributed by atoms with Gasteiger partial charge in [-0.2, -0.15) is 0 Å². The van der Waals surface area contributed by atoms with Gasteiger partial charge in [0.1, 0.15) is 0 Å². The SMILES string of the molecule is CC(C)c1cnc(-c2ccc(C(N)=O)cc2)nc1. The highest BCUT2D eigenvalue weighted by atomic mass is 16.1. The Hall–Kier alpha value is -2.23. The first-order valence-electron chi connectivity index (χ1n) is 5.80. The van der Waals surface area contributed by atoms with Crippen LogP contribution in [-0.2, 0) is 0 Å². The van der Waals surface area contributed by atoms with Crippen LogP contribution in [0.4, 0.5) is 0 Å². The molecule has 1 aromatic heterocycles. The van der Waals surface area contributed by atoms with Gasteiger partial charge in [0.2, 0.25) is 5.91 Å². The zero-order valence-corrected chi connectivity index (χ0v) is 10.4. The average Bonchev–Trinajstić information content (AvgIpc) is 2.39. The summed E-state index contributed by atoms with van der Waals surface area (Å²) in [4.78, 5) is 19.6. The minimum absolute atomic E-state index is 0.413. The van der Waals surface area contributed by atoms with Gasteiger partial charge in [-0.15, -0.1) is 0 Å². The Labute approximate surface area is 106 Å². The van der Waals surface area contributed by atoms with E-state index < -0.39 is 5.91 Å². The molecule has 2 rings (SSSR count). The topological polar surface area (TPSA) is 68.9 Å². The molecular weight excluding hydrogens is 226 g/mol. The maximum atomic E-state index is 11.0. The van der Waals surface area contributed by atoms with E-state index >= 15 is 0 Å². The molecule has 0 saturated heterocycles. The first-order chi connectivity index (χ1) is 8.58. The molecule has 0 bridgehead atoms. The van der Waals surface area contributed by atoms with Gasteiger partial charge < -0.3 is 5.73 Å². The molecule has 0 aliphatic rings. The van der Waals surface area contributed by atoms with E-state index in [2.05, 4.69) is 23.8 Å². The third-order valence-electron chi connectivity index (χ3n) is 2.77. The Kier molecular flexibility index (Phi) is 3.37. The number of hydrogen-bond acceptors (Lipinski definition) is 3. The second-order valence-electron chi connectivity index (χ2n) is 4.44. The molecule has 4 nitrogen and oxygen atoms in total. The van der Waals surface area contributed by atoms with Crippen molar-refractivity contribution in [2.45, 2.75) is 19.8 Å². The Morgan fingerprint density at radius 2 is 1.67 bits per heavy atom. The number of carbonyl (C=O) groups is 1. The van der Waals surface area contributed by atoms with Gasteiger partial charge in [0, 0.05) is 23.5 Å². The van der Waals surface area contributed by atoms with Crippen LogP contribution in [0.25, 0.3) is 11.4 Å². The standard InChI is InChI=1S/C14H15N3O/c1-9(2)12-7-16-14(17-8-12)11-5-3-10(4-6-11)13(15)18/h3-9H,1-2H3,(H2,15,18). The van der Waals surface area contributed by atoms with E-state index in [0.29, 0.717) is 17.3 Å². The fourth-order valence-corrected chi connectivity index (χ4v) is 1.57. The van der Waals surface area contributed by atoms with Gasteiger partial charge in [-0.25, -0.2) is 9.97 Å². The molecule has 4 heteroatoms. The van der Waals surface area contributed by atoms with Crippen molar-refractivity contribution >= 4 is 5.91 Å². The zero-order chi connectivity index (χ0) is 13.1. The molecule has 1 amide bonds. The van der Waals surface area contributed by atoms with Gasteiger partial charge in [0.05, 0.1) is 0 Å². The number of benzene rings is 1. The number of nitrogens with two attached hydrogens (primary N) is 1. The summed E-state index contributed by atoms with van der Waals surface area (Å²) in [5, 5.41) is 0. The maximum Gasteiger partial charge on any atom is 0.248 e. The second-order valence-corrected chi connectivity index (χ2v) is 4.44. The number of aromatic nitrogens is 2. The number of carbonyl (C=O) groups excluding carboxylic acids is 1. The van der Waals surface area contributed by atoms with Crippen LogP contribution in [0.2, 0.25) is 0 Å². The van der Waals surface area contributed by atoms with E-state index in [1.807, 2.05) is 12.4 Å². The fraction of sp³-hybridized carbons (Fsp3) is 0.214. The predicted octanol–water partition coefficient (Wildman–Crippen LogP) is 2.37. The highest BCUT2D eigenvalue weighted by Crippen LogP contribution is 2.17. The van der Waals surface area contributed by atoms with Crippen molar-refractivity contribution in [3.63, 3.8) is 0 Å². The second kappa shape index (κ2) is 4.96. The summed E-state index contributed by atoms with van der Waals surface area (Å²) in [5.74, 6) is 0.629. The minimum Gasteiger partial charge on any atom is -0.366 e. The molecule has 0 radical (unpaired) electrons. The van der Waals surface area contributed by atoms with Crippen molar-refractivity contribution < 1.29 is 4.79 Å². The lowest BCUT2D eigenvalue weighted by Gasteiger charge is -2.05. The lowest BCUT2D eigenvalue weighted by atomic mass is 10.1. The summed E-state index contributed by atoms with van der Waals surface area (Å²) in [6, 6.07) is 6.95. The van der Waals surface area contributed by atoms with Gasteiger partial charge in [0.25, 0.3) is 0 Å². The summed E-state index contributed by atoms with van der Waals surface area (Å²) in [6.45, 7) is 4.19. The molecule has 0 aliphatic carbocycles. The molecule has 0 unspecified atom stereocenters. The smallest absolute Gasteiger partial charge is 0.248 e. The lowest BCUT2D eigenvalue weighted by Crippen LogP contribution is -2.10. The number of primary amides is 1. The summed E-state index contributed by atoms with van der Waals surface area (Å²) < 4.78 is 0. The van der Waals surface area contributed by atoms with Gasteiger partial charge in [-0.1, -0.05) is 26.0 Å². The van der Waals surface area contributed by atoms with Gasteiger partial charge in [-0.05, 0) is 23.6 Å². The third-order valence-corrected chi connectivity index (χ3v) is 2.77. The van der Waals surface area contributed by atoms with E-state index in [0.717, 1.165) is 11.1 Å². The number of amides is 1. The van der Waals surface area contributed by atoms with Crippen molar-refractivity contribution in [2.24, 2.45) is 5.73 Å². The van der Waals surface area contributed by atoms with Crippen molar-refractivity contribution in [1.29, 1.82) is 0 Å². The molecule has 0 aliphatic heterocycles. The number of hydrogen-bond donors (Lipinski definition) is 1. The summed E-state index contributed by atoms with van der Waals surface area (Å²) in [6.07, 6.45) is 3.66. The van der Waals surface area contributed by atoms with Crippen LogP contribution < -0.4 is 5.73 Å². The Bertz CT molecular complexity index is 544. The molecule has 92 valence electrons. The van der Waals surface area contributed by atoms with Crippen molar-refractivity contribution in [3.05, 3.63) is 47.8 Å². The van der Waals surface area contributed by atoms with E-state index in [9.17, 15) is 4.79 Å². The lowest BCUT2D eigenvalue weighted by molar-refractivity contribution is 0.100. The van der Waals surface area contributed by atoms with Gasteiger partial charge in [-0.3, -0.25) is 4.79 Å². The van der Waals surface area contributed by atoms with Crippen LogP contribution in [0.1, 0.15) is 35.7 Å². The molecule has 1 aromatic carbocycles. The Morgan fingerprint density at radius 1 is 1.11 bits per heavy atom. The molecule has 0 fully saturated rings. The first-order valence-corrected chi connectivity index (χ1v) is 5.80. The first kappa shape index (κ1) is 12.2. The minimum atomic E-state index is -0.433. The third kappa shape index (κ3) is 2.53. The molecule has 2 aromatic rings. The Morgan fingerprint density at radius 3 is 2.11 bits per heavy atom.